The lowest BCUT2D eigenvalue weighted by molar-refractivity contribution is 0.532. The molecule has 4 nitrogen and oxygen atoms in total. The predicted octanol–water partition coefficient (Wildman–Crippen LogP) is 0.657. The van der Waals surface area contributed by atoms with Gasteiger partial charge in [0.2, 0.25) is 10.0 Å². The Morgan fingerprint density at radius 3 is 2.81 bits per heavy atom. The van der Waals surface area contributed by atoms with E-state index in [1.54, 1.807) is 6.92 Å². The van der Waals surface area contributed by atoms with Crippen LogP contribution in [0.15, 0.2) is 0 Å². The molecule has 0 radical (unpaired) electrons. The average molecular weight is 266 g/mol. The van der Waals surface area contributed by atoms with E-state index in [1.807, 2.05) is 18.7 Å². The van der Waals surface area contributed by atoms with Crippen molar-refractivity contribution in [2.24, 2.45) is 5.92 Å². The van der Waals surface area contributed by atoms with Crippen molar-refractivity contribution in [1.82, 2.24) is 10.0 Å². The zero-order chi connectivity index (χ0) is 12.0. The fraction of sp³-hybridized carbons (Fsp3) is 1.00. The van der Waals surface area contributed by atoms with Gasteiger partial charge in [-0.1, -0.05) is 6.92 Å². The zero-order valence-electron chi connectivity index (χ0n) is 10.0. The minimum absolute atomic E-state index is 0.360. The number of rotatable bonds is 7. The molecule has 1 saturated heterocycles. The number of sulfonamides is 1. The molecule has 2 atom stereocenters. The van der Waals surface area contributed by atoms with Gasteiger partial charge in [-0.15, -0.1) is 0 Å². The van der Waals surface area contributed by atoms with Crippen LogP contribution in [0.3, 0.4) is 0 Å². The Morgan fingerprint density at radius 1 is 1.50 bits per heavy atom. The monoisotopic (exact) mass is 266 g/mol. The van der Waals surface area contributed by atoms with Gasteiger partial charge in [0.25, 0.3) is 0 Å². The van der Waals surface area contributed by atoms with E-state index in [2.05, 4.69) is 10.0 Å². The van der Waals surface area contributed by atoms with Crippen molar-refractivity contribution < 1.29 is 8.42 Å². The van der Waals surface area contributed by atoms with Crippen molar-refractivity contribution in [3.8, 4) is 0 Å². The first kappa shape index (κ1) is 14.3. The predicted molar refractivity (Wildman–Crippen MR) is 70.4 cm³/mol. The Balaban J connectivity index is 2.32. The van der Waals surface area contributed by atoms with Gasteiger partial charge in [0, 0.05) is 13.1 Å². The summed E-state index contributed by atoms with van der Waals surface area (Å²) in [7, 11) is -3.14. The molecule has 2 N–H and O–H groups in total. The third-order valence-electron chi connectivity index (χ3n) is 2.81. The van der Waals surface area contributed by atoms with Gasteiger partial charge in [-0.25, -0.2) is 13.1 Å². The van der Waals surface area contributed by atoms with E-state index in [9.17, 15) is 8.42 Å². The summed E-state index contributed by atoms with van der Waals surface area (Å²) < 4.78 is 26.4. The third-order valence-corrected chi connectivity index (χ3v) is 5.84. The van der Waals surface area contributed by atoms with Gasteiger partial charge in [0.1, 0.15) is 0 Å². The summed E-state index contributed by atoms with van der Waals surface area (Å²) in [5, 5.41) is 2.70. The molecule has 0 saturated carbocycles. The molecule has 0 aliphatic carbocycles. The van der Waals surface area contributed by atoms with Crippen LogP contribution in [-0.2, 0) is 10.0 Å². The lowest BCUT2D eigenvalue weighted by Crippen LogP contribution is -2.40. The van der Waals surface area contributed by atoms with Crippen molar-refractivity contribution in [3.05, 3.63) is 0 Å². The molecule has 6 heteroatoms. The Hall–Kier alpha value is 0.220. The largest absolute Gasteiger partial charge is 0.316 e. The summed E-state index contributed by atoms with van der Waals surface area (Å²) in [4.78, 5) is 0. The van der Waals surface area contributed by atoms with Crippen molar-refractivity contribution in [1.29, 1.82) is 0 Å². The molecule has 1 aliphatic heterocycles. The van der Waals surface area contributed by atoms with Gasteiger partial charge in [-0.2, -0.15) is 11.8 Å². The second kappa shape index (κ2) is 6.83. The molecule has 1 fully saturated rings. The van der Waals surface area contributed by atoms with Gasteiger partial charge < -0.3 is 5.32 Å². The SMILES string of the molecule is CCNCC(C)S(=O)(=O)NCC1CCSC1. The molecule has 0 aromatic rings. The third kappa shape index (κ3) is 4.61. The van der Waals surface area contributed by atoms with Crippen LogP contribution in [0, 0.1) is 5.92 Å². The zero-order valence-corrected chi connectivity index (χ0v) is 11.7. The van der Waals surface area contributed by atoms with E-state index in [4.69, 9.17) is 0 Å². The fourth-order valence-electron chi connectivity index (χ4n) is 1.58. The molecular formula is C10H22N2O2S2. The lowest BCUT2D eigenvalue weighted by atomic mass is 10.1. The second-order valence-electron chi connectivity index (χ2n) is 4.24. The first-order valence-corrected chi connectivity index (χ1v) is 8.53. The fourth-order valence-corrected chi connectivity index (χ4v) is 3.95. The highest BCUT2D eigenvalue weighted by Gasteiger charge is 2.22. The standard InChI is InChI=1S/C10H22N2O2S2/c1-3-11-6-9(2)16(13,14)12-7-10-4-5-15-8-10/h9-12H,3-8H2,1-2H3. The lowest BCUT2D eigenvalue weighted by Gasteiger charge is -2.16. The van der Waals surface area contributed by atoms with Crippen LogP contribution in [0.4, 0.5) is 0 Å². The van der Waals surface area contributed by atoms with Crippen LogP contribution in [0.25, 0.3) is 0 Å². The summed E-state index contributed by atoms with van der Waals surface area (Å²) in [6, 6.07) is 0. The molecular weight excluding hydrogens is 244 g/mol. The van der Waals surface area contributed by atoms with Crippen LogP contribution in [0.1, 0.15) is 20.3 Å². The average Bonchev–Trinajstić information content (AvgIpc) is 2.76. The van der Waals surface area contributed by atoms with Crippen LogP contribution in [0.5, 0.6) is 0 Å². The Labute approximate surface area is 103 Å². The molecule has 0 aromatic heterocycles. The van der Waals surface area contributed by atoms with Crippen molar-refractivity contribution in [3.63, 3.8) is 0 Å². The van der Waals surface area contributed by atoms with Crippen LogP contribution >= 0.6 is 11.8 Å². The topological polar surface area (TPSA) is 58.2 Å². The van der Waals surface area contributed by atoms with Gasteiger partial charge in [0.15, 0.2) is 0 Å². The molecule has 0 bridgehead atoms. The van der Waals surface area contributed by atoms with Gasteiger partial charge in [-0.3, -0.25) is 0 Å². The molecule has 0 aromatic carbocycles. The van der Waals surface area contributed by atoms with E-state index < -0.39 is 10.0 Å². The first-order valence-electron chi connectivity index (χ1n) is 5.83. The molecule has 1 aliphatic rings. The van der Waals surface area contributed by atoms with Gasteiger partial charge >= 0.3 is 0 Å². The van der Waals surface area contributed by atoms with E-state index in [0.29, 0.717) is 19.0 Å². The van der Waals surface area contributed by atoms with Crippen molar-refractivity contribution >= 4 is 21.8 Å². The smallest absolute Gasteiger partial charge is 0.215 e. The van der Waals surface area contributed by atoms with Crippen LogP contribution < -0.4 is 10.0 Å². The minimum Gasteiger partial charge on any atom is -0.316 e. The molecule has 1 heterocycles. The maximum atomic E-state index is 11.8. The second-order valence-corrected chi connectivity index (χ2v) is 7.57. The molecule has 2 unspecified atom stereocenters. The number of hydrogen-bond acceptors (Lipinski definition) is 4. The molecule has 16 heavy (non-hydrogen) atoms. The minimum atomic E-state index is -3.14. The summed E-state index contributed by atoms with van der Waals surface area (Å²) in [6.45, 7) is 5.65. The van der Waals surface area contributed by atoms with E-state index >= 15 is 0 Å². The van der Waals surface area contributed by atoms with Crippen molar-refractivity contribution in [2.45, 2.75) is 25.5 Å². The summed E-state index contributed by atoms with van der Waals surface area (Å²) in [6.07, 6.45) is 1.13. The normalized spacial score (nSPS) is 23.5. The maximum absolute atomic E-state index is 11.8. The molecule has 96 valence electrons. The van der Waals surface area contributed by atoms with Gasteiger partial charge in [-0.05, 0) is 37.3 Å². The van der Waals surface area contributed by atoms with Crippen LogP contribution in [-0.4, -0.2) is 44.8 Å². The van der Waals surface area contributed by atoms with Crippen molar-refractivity contribution in [2.75, 3.05) is 31.1 Å². The van der Waals surface area contributed by atoms with E-state index in [-0.39, 0.29) is 5.25 Å². The molecule has 0 spiro atoms. The highest BCUT2D eigenvalue weighted by molar-refractivity contribution is 7.99. The quantitative estimate of drug-likeness (QED) is 0.711. The Morgan fingerprint density at radius 2 is 2.25 bits per heavy atom. The molecule has 1 rings (SSSR count). The Bertz CT molecular complexity index is 287. The summed E-state index contributed by atoms with van der Waals surface area (Å²) in [5.41, 5.74) is 0. The highest BCUT2D eigenvalue weighted by atomic mass is 32.2. The summed E-state index contributed by atoms with van der Waals surface area (Å²) in [5.74, 6) is 2.77. The number of thioether (sulfide) groups is 1. The van der Waals surface area contributed by atoms with Crippen LogP contribution in [0.2, 0.25) is 0 Å². The first-order chi connectivity index (χ1) is 7.56. The highest BCUT2D eigenvalue weighted by Crippen LogP contribution is 2.22. The summed E-state index contributed by atoms with van der Waals surface area (Å²) >= 11 is 1.91. The number of hydrogen-bond donors (Lipinski definition) is 2. The van der Waals surface area contributed by atoms with E-state index in [0.717, 1.165) is 18.7 Å². The van der Waals surface area contributed by atoms with Gasteiger partial charge in [0.05, 0.1) is 5.25 Å². The molecule has 0 amide bonds. The van der Waals surface area contributed by atoms with E-state index in [1.165, 1.54) is 5.75 Å². The number of nitrogens with one attached hydrogen (secondary N) is 2. The maximum Gasteiger partial charge on any atom is 0.215 e. The Kier molecular flexibility index (Phi) is 6.10.